The van der Waals surface area contributed by atoms with E-state index in [9.17, 15) is 9.90 Å². The van der Waals surface area contributed by atoms with Crippen LogP contribution < -0.4 is 5.32 Å². The number of rotatable bonds is 5. The first-order valence-corrected chi connectivity index (χ1v) is 11.7. The van der Waals surface area contributed by atoms with Gasteiger partial charge >= 0.3 is 6.09 Å². The highest BCUT2D eigenvalue weighted by Crippen LogP contribution is 2.32. The number of hydrogen-bond donors (Lipinski definition) is 3. The Morgan fingerprint density at radius 2 is 2.12 bits per heavy atom. The van der Waals surface area contributed by atoms with Crippen LogP contribution in [-0.2, 0) is 13.5 Å². The van der Waals surface area contributed by atoms with E-state index in [1.807, 2.05) is 24.7 Å². The topological polar surface area (TPSA) is 102 Å². The number of nitrogens with one attached hydrogen (secondary N) is 2. The van der Waals surface area contributed by atoms with Crippen molar-refractivity contribution < 1.29 is 9.90 Å². The summed E-state index contributed by atoms with van der Waals surface area (Å²) in [6, 6.07) is 10.8. The second kappa shape index (κ2) is 8.64. The van der Waals surface area contributed by atoms with Gasteiger partial charge in [0.25, 0.3) is 0 Å². The van der Waals surface area contributed by atoms with Gasteiger partial charge in [-0.1, -0.05) is 18.2 Å². The van der Waals surface area contributed by atoms with Gasteiger partial charge in [0, 0.05) is 50.9 Å². The number of fused-ring (bicyclic) bond motifs is 3. The summed E-state index contributed by atoms with van der Waals surface area (Å²) in [5, 5.41) is 13.9. The smallest absolute Gasteiger partial charge is 0.407 e. The summed E-state index contributed by atoms with van der Waals surface area (Å²) in [4.78, 5) is 28.5. The van der Waals surface area contributed by atoms with Gasteiger partial charge in [0.2, 0.25) is 0 Å². The number of imidazole rings is 1. The van der Waals surface area contributed by atoms with Crippen LogP contribution >= 0.6 is 0 Å². The predicted molar refractivity (Wildman–Crippen MR) is 134 cm³/mol. The van der Waals surface area contributed by atoms with Crippen molar-refractivity contribution >= 4 is 34.0 Å². The number of carbonyl (C=O) groups is 1. The first kappa shape index (κ1) is 22.2. The van der Waals surface area contributed by atoms with E-state index in [1.165, 1.54) is 0 Å². The third-order valence-corrected chi connectivity index (χ3v) is 6.87. The van der Waals surface area contributed by atoms with Gasteiger partial charge in [-0.05, 0) is 43.5 Å². The lowest BCUT2D eigenvalue weighted by atomic mass is 9.99. The van der Waals surface area contributed by atoms with Crippen LogP contribution in [0.15, 0.2) is 36.7 Å². The molecule has 1 unspecified atom stereocenters. The number of benzene rings is 1. The summed E-state index contributed by atoms with van der Waals surface area (Å²) in [5.41, 5.74) is 5.82. The maximum atomic E-state index is 11.9. The third kappa shape index (κ3) is 3.86. The number of anilines is 1. The fraction of sp³-hybridized carbons (Fsp3) is 0.400. The highest BCUT2D eigenvalue weighted by Gasteiger charge is 2.31. The number of piperazine rings is 1. The summed E-state index contributed by atoms with van der Waals surface area (Å²) >= 11 is 0. The Bertz CT molecular complexity index is 1360. The van der Waals surface area contributed by atoms with Crippen molar-refractivity contribution in [3.8, 4) is 11.3 Å². The van der Waals surface area contributed by atoms with Crippen LogP contribution in [0.3, 0.4) is 0 Å². The van der Waals surface area contributed by atoms with E-state index >= 15 is 0 Å². The second-order valence-electron chi connectivity index (χ2n) is 9.33. The van der Waals surface area contributed by atoms with Crippen LogP contribution in [0.2, 0.25) is 0 Å². The molecule has 1 aliphatic heterocycles. The summed E-state index contributed by atoms with van der Waals surface area (Å²) in [6.45, 7) is 6.39. The number of hydrogen-bond acceptors (Lipinski definition) is 5. The molecule has 0 aliphatic carbocycles. The van der Waals surface area contributed by atoms with Gasteiger partial charge in [-0.25, -0.2) is 14.8 Å². The average Bonchev–Trinajstić information content (AvgIpc) is 3.42. The van der Waals surface area contributed by atoms with Crippen molar-refractivity contribution in [3.05, 3.63) is 42.2 Å². The minimum Gasteiger partial charge on any atom is -0.465 e. The minimum atomic E-state index is -0.841. The van der Waals surface area contributed by atoms with E-state index in [-0.39, 0.29) is 6.04 Å². The molecule has 4 heterocycles. The van der Waals surface area contributed by atoms with Gasteiger partial charge in [0.15, 0.2) is 5.82 Å². The molecule has 9 nitrogen and oxygen atoms in total. The Morgan fingerprint density at radius 1 is 1.29 bits per heavy atom. The molecule has 1 saturated heterocycles. The number of nitrogens with zero attached hydrogens (tertiary/aromatic N) is 5. The summed E-state index contributed by atoms with van der Waals surface area (Å²) in [7, 11) is 3.84. The molecule has 0 saturated carbocycles. The number of aromatic nitrogens is 4. The third-order valence-electron chi connectivity index (χ3n) is 6.87. The molecule has 1 amide bonds. The lowest BCUT2D eigenvalue weighted by molar-refractivity contribution is 0.0546. The lowest BCUT2D eigenvalue weighted by Gasteiger charge is -2.41. The molecule has 178 valence electrons. The molecule has 1 atom stereocenters. The molecular weight excluding hydrogens is 430 g/mol. The van der Waals surface area contributed by atoms with Crippen molar-refractivity contribution in [2.75, 3.05) is 32.0 Å². The zero-order valence-corrected chi connectivity index (χ0v) is 20.0. The number of amides is 1. The molecular formula is C25H31N7O2. The number of H-pyrrole nitrogens is 1. The van der Waals surface area contributed by atoms with E-state index in [4.69, 9.17) is 4.98 Å². The normalized spacial score (nSPS) is 17.2. The molecule has 4 aromatic rings. The molecule has 0 spiro atoms. The number of carboxylic acid groups (broad SMARTS) is 1. The molecule has 3 N–H and O–H groups in total. The summed E-state index contributed by atoms with van der Waals surface area (Å²) in [5.74, 6) is 0.742. The van der Waals surface area contributed by atoms with E-state index in [0.717, 1.165) is 57.8 Å². The summed E-state index contributed by atoms with van der Waals surface area (Å²) < 4.78 is 2.01. The van der Waals surface area contributed by atoms with Crippen LogP contribution in [0, 0.1) is 0 Å². The molecule has 0 radical (unpaired) electrons. The van der Waals surface area contributed by atoms with Crippen LogP contribution in [0.25, 0.3) is 33.3 Å². The van der Waals surface area contributed by atoms with Gasteiger partial charge in [0.1, 0.15) is 11.2 Å². The lowest BCUT2D eigenvalue weighted by Crippen LogP contribution is -2.57. The maximum absolute atomic E-state index is 11.9. The quantitative estimate of drug-likeness (QED) is 0.418. The minimum absolute atomic E-state index is 0.0689. The van der Waals surface area contributed by atoms with Crippen molar-refractivity contribution in [1.82, 2.24) is 29.3 Å². The number of aryl methyl sites for hydroxylation is 1. The fourth-order valence-electron chi connectivity index (χ4n) is 5.04. The van der Waals surface area contributed by atoms with Crippen molar-refractivity contribution in [3.63, 3.8) is 0 Å². The van der Waals surface area contributed by atoms with E-state index < -0.39 is 6.09 Å². The average molecular weight is 462 g/mol. The Labute approximate surface area is 198 Å². The molecule has 1 aromatic carbocycles. The standard InChI is InChI=1S/C25H31N7O2/c1-15(2)31-8-9-32(25(33)34)18(13-31)11-16-6-5-7-17(10-16)20-12-19-22-21(27-14-30(22)4)24(26-3)29-23(19)28-20/h5-7,10,12,14-15,18H,8-9,11,13H2,1-4H3,(H,33,34)(H2,26,28,29). The van der Waals surface area contributed by atoms with Gasteiger partial charge < -0.3 is 24.9 Å². The molecule has 0 bridgehead atoms. The predicted octanol–water partition coefficient (Wildman–Crippen LogP) is 3.77. The first-order valence-electron chi connectivity index (χ1n) is 11.7. The first-order chi connectivity index (χ1) is 16.4. The number of aromatic amines is 1. The van der Waals surface area contributed by atoms with E-state index in [1.54, 1.807) is 11.2 Å². The summed E-state index contributed by atoms with van der Waals surface area (Å²) in [6.07, 6.45) is 1.64. The van der Waals surface area contributed by atoms with Gasteiger partial charge in [-0.15, -0.1) is 0 Å². The molecule has 5 rings (SSSR count). The fourth-order valence-corrected chi connectivity index (χ4v) is 5.04. The SMILES string of the molecule is CNc1nc2[nH]c(-c3cccc(CC4CN(C(C)C)CCN4C(=O)O)c3)cc2c2c1ncn2C. The zero-order valence-electron chi connectivity index (χ0n) is 20.0. The van der Waals surface area contributed by atoms with Crippen LogP contribution in [0.5, 0.6) is 0 Å². The zero-order chi connectivity index (χ0) is 24.0. The van der Waals surface area contributed by atoms with Crippen LogP contribution in [0.1, 0.15) is 19.4 Å². The number of pyridine rings is 1. The molecule has 3 aromatic heterocycles. The van der Waals surface area contributed by atoms with E-state index in [2.05, 4.69) is 58.3 Å². The second-order valence-corrected chi connectivity index (χ2v) is 9.33. The Kier molecular flexibility index (Phi) is 5.65. The Morgan fingerprint density at radius 3 is 2.85 bits per heavy atom. The Balaban J connectivity index is 1.49. The van der Waals surface area contributed by atoms with Gasteiger partial charge in [-0.2, -0.15) is 0 Å². The largest absolute Gasteiger partial charge is 0.465 e. The van der Waals surface area contributed by atoms with Gasteiger partial charge in [-0.3, -0.25) is 4.90 Å². The Hall–Kier alpha value is -3.59. The molecule has 9 heteroatoms. The molecule has 1 fully saturated rings. The molecule has 34 heavy (non-hydrogen) atoms. The van der Waals surface area contributed by atoms with Crippen LogP contribution in [-0.4, -0.2) is 79.3 Å². The van der Waals surface area contributed by atoms with Crippen molar-refractivity contribution in [2.45, 2.75) is 32.4 Å². The maximum Gasteiger partial charge on any atom is 0.407 e. The highest BCUT2D eigenvalue weighted by atomic mass is 16.4. The van der Waals surface area contributed by atoms with Gasteiger partial charge in [0.05, 0.1) is 17.9 Å². The monoisotopic (exact) mass is 461 g/mol. The highest BCUT2D eigenvalue weighted by molar-refractivity contribution is 6.07. The molecule has 1 aliphatic rings. The van der Waals surface area contributed by atoms with Crippen molar-refractivity contribution in [2.24, 2.45) is 7.05 Å². The van der Waals surface area contributed by atoms with Crippen LogP contribution in [0.4, 0.5) is 10.6 Å². The van der Waals surface area contributed by atoms with Crippen molar-refractivity contribution in [1.29, 1.82) is 0 Å². The van der Waals surface area contributed by atoms with E-state index in [0.29, 0.717) is 19.0 Å².